The van der Waals surface area contributed by atoms with Crippen LogP contribution in [0.25, 0.3) is 0 Å². The number of aryl methyl sites for hydroxylation is 1. The highest BCUT2D eigenvalue weighted by Gasteiger charge is 2.11. The van der Waals surface area contributed by atoms with E-state index in [1.165, 1.54) is 5.56 Å². The van der Waals surface area contributed by atoms with E-state index >= 15 is 0 Å². The van der Waals surface area contributed by atoms with Crippen LogP contribution in [0.5, 0.6) is 0 Å². The predicted molar refractivity (Wildman–Crippen MR) is 76.4 cm³/mol. The number of rotatable bonds is 4. The molecule has 2 rings (SSSR count). The zero-order valence-corrected chi connectivity index (χ0v) is 11.1. The van der Waals surface area contributed by atoms with Gasteiger partial charge in [-0.3, -0.25) is 11.3 Å². The lowest BCUT2D eigenvalue weighted by Crippen LogP contribution is -2.29. The standard InChI is InChI=1S/C15H17ClN2/c1-11-7-8-13(10-14(11)16)15(18-17)9-12-5-3-2-4-6-12/h2-8,10,15,18H,9,17H2,1H3. The molecular formula is C15H17ClN2. The molecule has 0 saturated carbocycles. The Hall–Kier alpha value is -1.35. The zero-order valence-electron chi connectivity index (χ0n) is 10.4. The van der Waals surface area contributed by atoms with Crippen LogP contribution in [-0.4, -0.2) is 0 Å². The molecule has 0 saturated heterocycles. The van der Waals surface area contributed by atoms with E-state index in [0.29, 0.717) is 0 Å². The van der Waals surface area contributed by atoms with Gasteiger partial charge in [0.25, 0.3) is 0 Å². The fraction of sp³-hybridized carbons (Fsp3) is 0.200. The summed E-state index contributed by atoms with van der Waals surface area (Å²) in [5.74, 6) is 5.65. The van der Waals surface area contributed by atoms with Crippen LogP contribution in [0.4, 0.5) is 0 Å². The Labute approximate surface area is 113 Å². The molecule has 2 aromatic carbocycles. The van der Waals surface area contributed by atoms with Crippen molar-refractivity contribution in [1.29, 1.82) is 0 Å². The van der Waals surface area contributed by atoms with E-state index in [2.05, 4.69) is 23.6 Å². The molecule has 1 atom stereocenters. The van der Waals surface area contributed by atoms with Crippen LogP contribution in [0, 0.1) is 6.92 Å². The van der Waals surface area contributed by atoms with Gasteiger partial charge in [-0.05, 0) is 36.1 Å². The molecule has 0 fully saturated rings. The van der Waals surface area contributed by atoms with E-state index < -0.39 is 0 Å². The summed E-state index contributed by atoms with van der Waals surface area (Å²) < 4.78 is 0. The summed E-state index contributed by atoms with van der Waals surface area (Å²) >= 11 is 6.15. The first-order chi connectivity index (χ1) is 8.70. The molecule has 1 unspecified atom stereocenters. The van der Waals surface area contributed by atoms with Gasteiger partial charge in [0, 0.05) is 5.02 Å². The Bertz CT molecular complexity index is 511. The summed E-state index contributed by atoms with van der Waals surface area (Å²) in [5, 5.41) is 0.779. The molecule has 3 N–H and O–H groups in total. The molecule has 0 aromatic heterocycles. The van der Waals surface area contributed by atoms with Crippen molar-refractivity contribution in [2.45, 2.75) is 19.4 Å². The second kappa shape index (κ2) is 6.01. The molecular weight excluding hydrogens is 244 g/mol. The fourth-order valence-electron chi connectivity index (χ4n) is 1.95. The van der Waals surface area contributed by atoms with Crippen LogP contribution in [0.1, 0.15) is 22.7 Å². The van der Waals surface area contributed by atoms with E-state index in [1.807, 2.05) is 37.3 Å². The van der Waals surface area contributed by atoms with Gasteiger partial charge in [-0.25, -0.2) is 0 Å². The quantitative estimate of drug-likeness (QED) is 0.653. The molecule has 0 aliphatic rings. The highest BCUT2D eigenvalue weighted by molar-refractivity contribution is 6.31. The number of nitrogens with two attached hydrogens (primary N) is 1. The molecule has 94 valence electrons. The molecule has 0 bridgehead atoms. The Kier molecular flexibility index (Phi) is 4.37. The number of benzene rings is 2. The van der Waals surface area contributed by atoms with E-state index in [0.717, 1.165) is 22.6 Å². The summed E-state index contributed by atoms with van der Waals surface area (Å²) in [6, 6.07) is 16.4. The minimum absolute atomic E-state index is 0.0745. The Morgan fingerprint density at radius 1 is 1.17 bits per heavy atom. The maximum Gasteiger partial charge on any atom is 0.0500 e. The van der Waals surface area contributed by atoms with E-state index in [-0.39, 0.29) is 6.04 Å². The lowest BCUT2D eigenvalue weighted by Gasteiger charge is -2.17. The third-order valence-electron chi connectivity index (χ3n) is 3.08. The highest BCUT2D eigenvalue weighted by atomic mass is 35.5. The van der Waals surface area contributed by atoms with Crippen LogP contribution in [0.3, 0.4) is 0 Å². The first kappa shape index (κ1) is 13.1. The van der Waals surface area contributed by atoms with Crippen molar-refractivity contribution in [2.75, 3.05) is 0 Å². The fourth-order valence-corrected chi connectivity index (χ4v) is 2.14. The predicted octanol–water partition coefficient (Wildman–Crippen LogP) is 3.40. The largest absolute Gasteiger partial charge is 0.271 e. The summed E-state index contributed by atoms with van der Waals surface area (Å²) in [4.78, 5) is 0. The van der Waals surface area contributed by atoms with E-state index in [9.17, 15) is 0 Å². The highest BCUT2D eigenvalue weighted by Crippen LogP contribution is 2.23. The Balaban J connectivity index is 2.20. The molecule has 2 aromatic rings. The van der Waals surface area contributed by atoms with Crippen molar-refractivity contribution >= 4 is 11.6 Å². The average molecular weight is 261 g/mol. The summed E-state index contributed by atoms with van der Waals surface area (Å²) in [6.45, 7) is 1.99. The third kappa shape index (κ3) is 3.10. The minimum Gasteiger partial charge on any atom is -0.271 e. The number of hydrogen-bond donors (Lipinski definition) is 2. The van der Waals surface area contributed by atoms with Crippen molar-refractivity contribution in [3.8, 4) is 0 Å². The lowest BCUT2D eigenvalue weighted by atomic mass is 9.98. The van der Waals surface area contributed by atoms with Crippen LogP contribution in [0.2, 0.25) is 5.02 Å². The van der Waals surface area contributed by atoms with Crippen LogP contribution in [0.15, 0.2) is 48.5 Å². The first-order valence-electron chi connectivity index (χ1n) is 5.97. The topological polar surface area (TPSA) is 38.0 Å². The van der Waals surface area contributed by atoms with Crippen molar-refractivity contribution in [2.24, 2.45) is 5.84 Å². The van der Waals surface area contributed by atoms with Crippen molar-refractivity contribution < 1.29 is 0 Å². The number of hydrogen-bond acceptors (Lipinski definition) is 2. The average Bonchev–Trinajstić information content (AvgIpc) is 2.40. The maximum atomic E-state index is 6.15. The van der Waals surface area contributed by atoms with Gasteiger partial charge in [0.2, 0.25) is 0 Å². The lowest BCUT2D eigenvalue weighted by molar-refractivity contribution is 0.552. The molecule has 0 spiro atoms. The van der Waals surface area contributed by atoms with Gasteiger partial charge in [-0.2, -0.15) is 0 Å². The third-order valence-corrected chi connectivity index (χ3v) is 3.49. The summed E-state index contributed by atoms with van der Waals surface area (Å²) in [5.41, 5.74) is 6.29. The van der Waals surface area contributed by atoms with Crippen LogP contribution >= 0.6 is 11.6 Å². The molecule has 0 aliphatic carbocycles. The normalized spacial score (nSPS) is 12.4. The molecule has 2 nitrogen and oxygen atoms in total. The monoisotopic (exact) mass is 260 g/mol. The second-order valence-corrected chi connectivity index (χ2v) is 4.82. The smallest absolute Gasteiger partial charge is 0.0500 e. The van der Waals surface area contributed by atoms with Gasteiger partial charge in [0.15, 0.2) is 0 Å². The van der Waals surface area contributed by atoms with Crippen LogP contribution < -0.4 is 11.3 Å². The van der Waals surface area contributed by atoms with Gasteiger partial charge in [0.1, 0.15) is 0 Å². The molecule has 0 radical (unpaired) electrons. The Morgan fingerprint density at radius 3 is 2.50 bits per heavy atom. The Morgan fingerprint density at radius 2 is 1.89 bits per heavy atom. The number of halogens is 1. The zero-order chi connectivity index (χ0) is 13.0. The molecule has 0 aliphatic heterocycles. The van der Waals surface area contributed by atoms with E-state index in [4.69, 9.17) is 17.4 Å². The molecule has 0 heterocycles. The number of nitrogens with one attached hydrogen (secondary N) is 1. The van der Waals surface area contributed by atoms with Crippen molar-refractivity contribution in [3.05, 3.63) is 70.2 Å². The SMILES string of the molecule is Cc1ccc(C(Cc2ccccc2)NN)cc1Cl. The second-order valence-electron chi connectivity index (χ2n) is 4.42. The molecule has 0 amide bonds. The van der Waals surface area contributed by atoms with Gasteiger partial charge in [-0.15, -0.1) is 0 Å². The van der Waals surface area contributed by atoms with Gasteiger partial charge < -0.3 is 0 Å². The van der Waals surface area contributed by atoms with Gasteiger partial charge in [0.05, 0.1) is 6.04 Å². The molecule has 18 heavy (non-hydrogen) atoms. The summed E-state index contributed by atoms with van der Waals surface area (Å²) in [6.07, 6.45) is 0.844. The first-order valence-corrected chi connectivity index (χ1v) is 6.34. The van der Waals surface area contributed by atoms with Gasteiger partial charge in [-0.1, -0.05) is 54.1 Å². The summed E-state index contributed by atoms with van der Waals surface area (Å²) in [7, 11) is 0. The van der Waals surface area contributed by atoms with Gasteiger partial charge >= 0.3 is 0 Å². The minimum atomic E-state index is 0.0745. The van der Waals surface area contributed by atoms with Crippen molar-refractivity contribution in [3.63, 3.8) is 0 Å². The van der Waals surface area contributed by atoms with Crippen molar-refractivity contribution in [1.82, 2.24) is 5.43 Å². The van der Waals surface area contributed by atoms with Crippen LogP contribution in [-0.2, 0) is 6.42 Å². The number of hydrazine groups is 1. The van der Waals surface area contributed by atoms with E-state index in [1.54, 1.807) is 0 Å². The molecule has 3 heteroatoms. The maximum absolute atomic E-state index is 6.15.